The Balaban J connectivity index is 2.25. The molecule has 0 aliphatic heterocycles. The van der Waals surface area contributed by atoms with Crippen LogP contribution in [0.2, 0.25) is 0 Å². The summed E-state index contributed by atoms with van der Waals surface area (Å²) in [6, 6.07) is 5.46. The maximum atomic E-state index is 11.1. The lowest BCUT2D eigenvalue weighted by Crippen LogP contribution is -2.44. The van der Waals surface area contributed by atoms with Crippen LogP contribution in [0.3, 0.4) is 0 Å². The van der Waals surface area contributed by atoms with E-state index in [4.69, 9.17) is 5.11 Å². The van der Waals surface area contributed by atoms with Crippen molar-refractivity contribution in [1.82, 2.24) is 15.6 Å². The fourth-order valence-corrected chi connectivity index (χ4v) is 2.00. The predicted molar refractivity (Wildman–Crippen MR) is 79.6 cm³/mol. The SMILES string of the molecule is CC[C@H](C)[C@H](NCCNCc1cccc(C)n1)C(=O)O. The lowest BCUT2D eigenvalue weighted by atomic mass is 9.99. The highest BCUT2D eigenvalue weighted by molar-refractivity contribution is 5.73. The van der Waals surface area contributed by atoms with Gasteiger partial charge in [-0.15, -0.1) is 0 Å². The van der Waals surface area contributed by atoms with Crippen molar-refractivity contribution in [3.8, 4) is 0 Å². The van der Waals surface area contributed by atoms with Crippen molar-refractivity contribution in [3.63, 3.8) is 0 Å². The molecule has 0 aromatic carbocycles. The number of carboxylic acid groups (broad SMARTS) is 1. The largest absolute Gasteiger partial charge is 0.480 e. The van der Waals surface area contributed by atoms with Gasteiger partial charge in [0.15, 0.2) is 0 Å². The van der Waals surface area contributed by atoms with Crippen molar-refractivity contribution in [2.24, 2.45) is 5.92 Å². The number of carbonyl (C=O) groups is 1. The standard InChI is InChI=1S/C15H25N3O2/c1-4-11(2)14(15(19)20)17-9-8-16-10-13-7-5-6-12(3)18-13/h5-7,11,14,16-17H,4,8-10H2,1-3H3,(H,19,20)/t11-,14-/m0/s1. The zero-order valence-electron chi connectivity index (χ0n) is 12.5. The van der Waals surface area contributed by atoms with Crippen molar-refractivity contribution in [3.05, 3.63) is 29.6 Å². The number of hydrogen-bond acceptors (Lipinski definition) is 4. The second-order valence-corrected chi connectivity index (χ2v) is 5.10. The van der Waals surface area contributed by atoms with Gasteiger partial charge in [-0.3, -0.25) is 9.78 Å². The van der Waals surface area contributed by atoms with E-state index in [0.29, 0.717) is 13.1 Å². The average molecular weight is 279 g/mol. The number of hydrogen-bond donors (Lipinski definition) is 3. The summed E-state index contributed by atoms with van der Waals surface area (Å²) in [6.45, 7) is 7.97. The first-order valence-corrected chi connectivity index (χ1v) is 7.14. The third kappa shape index (κ3) is 5.67. The van der Waals surface area contributed by atoms with E-state index in [2.05, 4.69) is 15.6 Å². The second kappa shape index (κ2) is 8.66. The lowest BCUT2D eigenvalue weighted by molar-refractivity contribution is -0.140. The van der Waals surface area contributed by atoms with Crippen molar-refractivity contribution in [2.45, 2.75) is 39.8 Å². The minimum Gasteiger partial charge on any atom is -0.480 e. The Bertz CT molecular complexity index is 423. The summed E-state index contributed by atoms with van der Waals surface area (Å²) in [6.07, 6.45) is 0.852. The fourth-order valence-electron chi connectivity index (χ4n) is 2.00. The van der Waals surface area contributed by atoms with E-state index >= 15 is 0 Å². The minimum absolute atomic E-state index is 0.130. The number of carboxylic acids is 1. The Hall–Kier alpha value is -1.46. The third-order valence-electron chi connectivity index (χ3n) is 3.40. The Kier molecular flexibility index (Phi) is 7.18. The average Bonchev–Trinajstić information content (AvgIpc) is 2.41. The van der Waals surface area contributed by atoms with Gasteiger partial charge < -0.3 is 15.7 Å². The molecule has 0 bridgehead atoms. The van der Waals surface area contributed by atoms with E-state index in [1.54, 1.807) is 0 Å². The van der Waals surface area contributed by atoms with Crippen LogP contribution in [0.5, 0.6) is 0 Å². The quantitative estimate of drug-likeness (QED) is 0.598. The Labute approximate surface area is 120 Å². The number of nitrogens with zero attached hydrogens (tertiary/aromatic N) is 1. The summed E-state index contributed by atoms with van der Waals surface area (Å²) >= 11 is 0. The van der Waals surface area contributed by atoms with Crippen molar-refractivity contribution >= 4 is 5.97 Å². The summed E-state index contributed by atoms with van der Waals surface area (Å²) < 4.78 is 0. The molecule has 0 saturated heterocycles. The fraction of sp³-hybridized carbons (Fsp3) is 0.600. The summed E-state index contributed by atoms with van der Waals surface area (Å²) in [5.41, 5.74) is 2.01. The molecule has 0 saturated carbocycles. The molecular formula is C15H25N3O2. The lowest BCUT2D eigenvalue weighted by Gasteiger charge is -2.20. The van der Waals surface area contributed by atoms with Crippen LogP contribution in [0.1, 0.15) is 31.7 Å². The molecule has 1 aromatic heterocycles. The van der Waals surface area contributed by atoms with Gasteiger partial charge in [-0.1, -0.05) is 26.3 Å². The van der Waals surface area contributed by atoms with Gasteiger partial charge in [-0.25, -0.2) is 0 Å². The van der Waals surface area contributed by atoms with Crippen LogP contribution in [0, 0.1) is 12.8 Å². The number of pyridine rings is 1. The van der Waals surface area contributed by atoms with Crippen LogP contribution < -0.4 is 10.6 Å². The Morgan fingerprint density at radius 3 is 2.75 bits per heavy atom. The maximum absolute atomic E-state index is 11.1. The monoisotopic (exact) mass is 279 g/mol. The molecule has 0 aliphatic rings. The van der Waals surface area contributed by atoms with Crippen LogP contribution in [-0.2, 0) is 11.3 Å². The van der Waals surface area contributed by atoms with E-state index in [-0.39, 0.29) is 5.92 Å². The van der Waals surface area contributed by atoms with Gasteiger partial charge in [0.05, 0.1) is 5.69 Å². The van der Waals surface area contributed by atoms with Crippen molar-refractivity contribution < 1.29 is 9.90 Å². The van der Waals surface area contributed by atoms with E-state index in [9.17, 15) is 4.79 Å². The molecule has 0 amide bonds. The third-order valence-corrected chi connectivity index (χ3v) is 3.40. The van der Waals surface area contributed by atoms with E-state index in [0.717, 1.165) is 24.4 Å². The molecule has 0 unspecified atom stereocenters. The van der Waals surface area contributed by atoms with E-state index in [1.807, 2.05) is 39.0 Å². The zero-order chi connectivity index (χ0) is 15.0. The number of aliphatic carboxylic acids is 1. The number of aromatic nitrogens is 1. The summed E-state index contributed by atoms with van der Waals surface area (Å²) in [7, 11) is 0. The summed E-state index contributed by atoms with van der Waals surface area (Å²) in [5.74, 6) is -0.648. The molecule has 3 N–H and O–H groups in total. The van der Waals surface area contributed by atoms with Crippen molar-refractivity contribution in [2.75, 3.05) is 13.1 Å². The van der Waals surface area contributed by atoms with Gasteiger partial charge in [0.2, 0.25) is 0 Å². The van der Waals surface area contributed by atoms with Gasteiger partial charge in [0.1, 0.15) is 6.04 Å². The van der Waals surface area contributed by atoms with Gasteiger partial charge in [0, 0.05) is 25.3 Å². The van der Waals surface area contributed by atoms with Gasteiger partial charge >= 0.3 is 5.97 Å². The van der Waals surface area contributed by atoms with Crippen LogP contribution in [0.25, 0.3) is 0 Å². The highest BCUT2D eigenvalue weighted by Crippen LogP contribution is 2.07. The van der Waals surface area contributed by atoms with Gasteiger partial charge in [-0.05, 0) is 25.0 Å². The van der Waals surface area contributed by atoms with E-state index < -0.39 is 12.0 Å². The minimum atomic E-state index is -0.778. The molecule has 5 nitrogen and oxygen atoms in total. The molecule has 0 spiro atoms. The predicted octanol–water partition coefficient (Wildman–Crippen LogP) is 1.57. The highest BCUT2D eigenvalue weighted by atomic mass is 16.4. The van der Waals surface area contributed by atoms with Crippen LogP contribution in [-0.4, -0.2) is 35.2 Å². The molecule has 5 heteroatoms. The number of rotatable bonds is 9. The molecule has 20 heavy (non-hydrogen) atoms. The number of aryl methyl sites for hydroxylation is 1. The Morgan fingerprint density at radius 1 is 1.40 bits per heavy atom. The smallest absolute Gasteiger partial charge is 0.320 e. The first-order valence-electron chi connectivity index (χ1n) is 7.14. The van der Waals surface area contributed by atoms with Crippen LogP contribution in [0.4, 0.5) is 0 Å². The molecule has 0 fully saturated rings. The van der Waals surface area contributed by atoms with Crippen LogP contribution in [0.15, 0.2) is 18.2 Å². The molecular weight excluding hydrogens is 254 g/mol. The summed E-state index contributed by atoms with van der Waals surface area (Å²) in [4.78, 5) is 15.5. The maximum Gasteiger partial charge on any atom is 0.320 e. The molecule has 112 valence electrons. The molecule has 2 atom stereocenters. The molecule has 1 heterocycles. The molecule has 1 aromatic rings. The van der Waals surface area contributed by atoms with Crippen molar-refractivity contribution in [1.29, 1.82) is 0 Å². The summed E-state index contributed by atoms with van der Waals surface area (Å²) in [5, 5.41) is 15.5. The second-order valence-electron chi connectivity index (χ2n) is 5.10. The zero-order valence-corrected chi connectivity index (χ0v) is 12.5. The molecule has 0 radical (unpaired) electrons. The molecule has 1 rings (SSSR count). The van der Waals surface area contributed by atoms with E-state index in [1.165, 1.54) is 0 Å². The van der Waals surface area contributed by atoms with Gasteiger partial charge in [-0.2, -0.15) is 0 Å². The number of nitrogens with one attached hydrogen (secondary N) is 2. The molecule has 0 aliphatic carbocycles. The van der Waals surface area contributed by atoms with Crippen LogP contribution >= 0.6 is 0 Å². The topological polar surface area (TPSA) is 74.2 Å². The highest BCUT2D eigenvalue weighted by Gasteiger charge is 2.22. The Morgan fingerprint density at radius 2 is 2.15 bits per heavy atom. The normalized spacial score (nSPS) is 13.9. The first kappa shape index (κ1) is 16.6. The first-order chi connectivity index (χ1) is 9.54. The van der Waals surface area contributed by atoms with Gasteiger partial charge in [0.25, 0.3) is 0 Å².